The van der Waals surface area contributed by atoms with Crippen molar-refractivity contribution in [3.63, 3.8) is 0 Å². The molecule has 0 heterocycles. The van der Waals surface area contributed by atoms with Gasteiger partial charge in [-0.05, 0) is 73.3 Å². The van der Waals surface area contributed by atoms with Gasteiger partial charge in [0.1, 0.15) is 11.7 Å². The van der Waals surface area contributed by atoms with Crippen molar-refractivity contribution < 1.29 is 19.3 Å². The Kier molecular flexibility index (Phi) is 12.8. The summed E-state index contributed by atoms with van der Waals surface area (Å²) in [5.74, 6) is 0. The molecule has 6 heteroatoms. The van der Waals surface area contributed by atoms with Crippen LogP contribution in [-0.4, -0.2) is 47.9 Å². The smallest absolute Gasteiger partial charge is 0.411 e. The van der Waals surface area contributed by atoms with Crippen LogP contribution in [0.3, 0.4) is 0 Å². The lowest BCUT2D eigenvalue weighted by Gasteiger charge is -2.30. The Morgan fingerprint density at radius 2 is 1.48 bits per heavy atom. The molecular weight excluding hydrogens is 368 g/mol. The largest absolute Gasteiger partial charge is 0.446 e. The second-order valence-corrected chi connectivity index (χ2v) is 8.57. The quantitative estimate of drug-likeness (QED) is 0.406. The molecule has 1 aromatic carbocycles. The molecule has 0 saturated heterocycles. The predicted octanol–water partition coefficient (Wildman–Crippen LogP) is 5.89. The van der Waals surface area contributed by atoms with Gasteiger partial charge in [0.05, 0.1) is 5.60 Å². The standard InChI is InChI=1S/C17H27NO4.C6H15N/c1-13(12-17(5,6)22-21-16(2,3)4)20-15(19)18-14-10-8-7-9-11-14;1-4-7(5-2)6-3/h7-11,13H,12H2,1-6H3,(H,18,19);4-6H2,1-3H3. The number of ether oxygens (including phenoxy) is 1. The molecule has 29 heavy (non-hydrogen) atoms. The maximum Gasteiger partial charge on any atom is 0.411 e. The Hall–Kier alpha value is -1.63. The van der Waals surface area contributed by atoms with Crippen LogP contribution in [0, 0.1) is 0 Å². The molecule has 1 amide bonds. The molecule has 6 nitrogen and oxygen atoms in total. The Bertz CT molecular complexity index is 546. The number of hydrogen-bond acceptors (Lipinski definition) is 5. The Labute approximate surface area is 177 Å². The van der Waals surface area contributed by atoms with E-state index >= 15 is 0 Å². The van der Waals surface area contributed by atoms with Crippen LogP contribution in [0.1, 0.15) is 68.7 Å². The number of anilines is 1. The average molecular weight is 411 g/mol. The van der Waals surface area contributed by atoms with Gasteiger partial charge in [0.15, 0.2) is 0 Å². The summed E-state index contributed by atoms with van der Waals surface area (Å²) >= 11 is 0. The van der Waals surface area contributed by atoms with Crippen LogP contribution in [0.5, 0.6) is 0 Å². The fourth-order valence-corrected chi connectivity index (χ4v) is 2.53. The van der Waals surface area contributed by atoms with Crippen molar-refractivity contribution in [1.29, 1.82) is 0 Å². The van der Waals surface area contributed by atoms with Crippen molar-refractivity contribution in [2.24, 2.45) is 0 Å². The molecule has 1 unspecified atom stereocenters. The van der Waals surface area contributed by atoms with Gasteiger partial charge in [0, 0.05) is 12.1 Å². The summed E-state index contributed by atoms with van der Waals surface area (Å²) in [5, 5.41) is 2.68. The minimum Gasteiger partial charge on any atom is -0.446 e. The van der Waals surface area contributed by atoms with Crippen LogP contribution in [0.15, 0.2) is 30.3 Å². The van der Waals surface area contributed by atoms with Crippen LogP contribution in [0.4, 0.5) is 10.5 Å². The van der Waals surface area contributed by atoms with E-state index < -0.39 is 11.7 Å². The molecule has 0 fully saturated rings. The van der Waals surface area contributed by atoms with Gasteiger partial charge < -0.3 is 9.64 Å². The highest BCUT2D eigenvalue weighted by Gasteiger charge is 2.27. The number of para-hydroxylation sites is 1. The third-order valence-electron chi connectivity index (χ3n) is 3.97. The third kappa shape index (κ3) is 14.9. The first-order valence-electron chi connectivity index (χ1n) is 10.5. The van der Waals surface area contributed by atoms with Gasteiger partial charge in [0.2, 0.25) is 0 Å². The van der Waals surface area contributed by atoms with Gasteiger partial charge in [0.25, 0.3) is 0 Å². The van der Waals surface area contributed by atoms with Crippen molar-refractivity contribution in [3.05, 3.63) is 30.3 Å². The monoisotopic (exact) mass is 410 g/mol. The summed E-state index contributed by atoms with van der Waals surface area (Å²) in [7, 11) is 0. The van der Waals surface area contributed by atoms with Crippen molar-refractivity contribution in [3.8, 4) is 0 Å². The lowest BCUT2D eigenvalue weighted by atomic mass is 10.0. The lowest BCUT2D eigenvalue weighted by molar-refractivity contribution is -0.399. The first kappa shape index (κ1) is 27.4. The molecule has 1 N–H and O–H groups in total. The zero-order valence-electron chi connectivity index (χ0n) is 19.9. The molecule has 0 aliphatic rings. The van der Waals surface area contributed by atoms with Gasteiger partial charge >= 0.3 is 6.09 Å². The van der Waals surface area contributed by atoms with Gasteiger partial charge in [-0.1, -0.05) is 39.0 Å². The zero-order valence-corrected chi connectivity index (χ0v) is 19.9. The molecule has 0 bridgehead atoms. The lowest BCUT2D eigenvalue weighted by Crippen LogP contribution is -2.35. The van der Waals surface area contributed by atoms with E-state index in [0.29, 0.717) is 12.1 Å². The maximum absolute atomic E-state index is 11.8. The van der Waals surface area contributed by atoms with E-state index in [4.69, 9.17) is 14.5 Å². The molecule has 1 rings (SSSR count). The Morgan fingerprint density at radius 3 is 1.90 bits per heavy atom. The zero-order chi connectivity index (χ0) is 22.5. The minimum atomic E-state index is -0.556. The highest BCUT2D eigenvalue weighted by molar-refractivity contribution is 5.84. The number of amides is 1. The summed E-state index contributed by atoms with van der Waals surface area (Å²) in [4.78, 5) is 25.0. The predicted molar refractivity (Wildman–Crippen MR) is 120 cm³/mol. The van der Waals surface area contributed by atoms with Crippen molar-refractivity contribution >= 4 is 11.8 Å². The molecule has 1 aromatic rings. The van der Waals surface area contributed by atoms with E-state index in [1.165, 1.54) is 19.6 Å². The van der Waals surface area contributed by atoms with Crippen LogP contribution >= 0.6 is 0 Å². The minimum absolute atomic E-state index is 0.303. The first-order valence-corrected chi connectivity index (χ1v) is 10.5. The first-order chi connectivity index (χ1) is 13.4. The Balaban J connectivity index is 0.000000956. The SMILES string of the molecule is CC(CC(C)(C)OOC(C)(C)C)OC(=O)Nc1ccccc1.CCN(CC)CC. The van der Waals surface area contributed by atoms with Crippen molar-refractivity contribution in [2.75, 3.05) is 25.0 Å². The van der Waals surface area contributed by atoms with Crippen LogP contribution in [-0.2, 0) is 14.5 Å². The van der Waals surface area contributed by atoms with Crippen LogP contribution in [0.2, 0.25) is 0 Å². The second kappa shape index (κ2) is 13.6. The number of benzene rings is 1. The fourth-order valence-electron chi connectivity index (χ4n) is 2.53. The van der Waals surface area contributed by atoms with Crippen molar-refractivity contribution in [2.45, 2.75) is 86.0 Å². The van der Waals surface area contributed by atoms with E-state index in [9.17, 15) is 4.79 Å². The number of carbonyl (C=O) groups is 1. The number of hydrogen-bond donors (Lipinski definition) is 1. The number of nitrogens with one attached hydrogen (secondary N) is 1. The van der Waals surface area contributed by atoms with Gasteiger partial charge in [-0.2, -0.15) is 0 Å². The van der Waals surface area contributed by atoms with E-state index in [1.807, 2.05) is 59.7 Å². The summed E-state index contributed by atoms with van der Waals surface area (Å²) in [6.07, 6.45) is -0.265. The highest BCUT2D eigenvalue weighted by atomic mass is 17.2. The highest BCUT2D eigenvalue weighted by Crippen LogP contribution is 2.22. The van der Waals surface area contributed by atoms with E-state index in [1.54, 1.807) is 12.1 Å². The number of carbonyl (C=O) groups excluding carboxylic acids is 1. The molecular formula is C23H42N2O4. The van der Waals surface area contributed by atoms with Crippen LogP contribution < -0.4 is 5.32 Å². The second-order valence-electron chi connectivity index (χ2n) is 8.57. The fraction of sp³-hybridized carbons (Fsp3) is 0.696. The Morgan fingerprint density at radius 1 is 0.966 bits per heavy atom. The van der Waals surface area contributed by atoms with Crippen LogP contribution in [0.25, 0.3) is 0 Å². The molecule has 0 radical (unpaired) electrons. The molecule has 0 spiro atoms. The van der Waals surface area contributed by atoms with E-state index in [-0.39, 0.29) is 11.7 Å². The topological polar surface area (TPSA) is 60.0 Å². The van der Waals surface area contributed by atoms with E-state index in [2.05, 4.69) is 31.0 Å². The molecule has 1 atom stereocenters. The maximum atomic E-state index is 11.8. The average Bonchev–Trinajstić information content (AvgIpc) is 2.62. The van der Waals surface area contributed by atoms with Gasteiger partial charge in [-0.25, -0.2) is 14.6 Å². The summed E-state index contributed by atoms with van der Waals surface area (Å²) < 4.78 is 5.34. The molecule has 0 aliphatic carbocycles. The van der Waals surface area contributed by atoms with Crippen molar-refractivity contribution in [1.82, 2.24) is 4.90 Å². The normalized spacial score (nSPS) is 12.8. The summed E-state index contributed by atoms with van der Waals surface area (Å²) in [6, 6.07) is 9.18. The third-order valence-corrected chi connectivity index (χ3v) is 3.97. The molecule has 0 aromatic heterocycles. The molecule has 168 valence electrons. The summed E-state index contributed by atoms with van der Waals surface area (Å²) in [5.41, 5.74) is -0.238. The number of rotatable bonds is 9. The van der Waals surface area contributed by atoms with Gasteiger partial charge in [-0.15, -0.1) is 0 Å². The molecule has 0 aliphatic heterocycles. The van der Waals surface area contributed by atoms with Gasteiger partial charge in [-0.3, -0.25) is 5.32 Å². The van der Waals surface area contributed by atoms with E-state index in [0.717, 1.165) is 0 Å². The molecule has 0 saturated carbocycles. The summed E-state index contributed by atoms with van der Waals surface area (Å²) in [6.45, 7) is 21.5. The number of nitrogens with zero attached hydrogens (tertiary/aromatic N) is 1.